The van der Waals surface area contributed by atoms with Crippen molar-refractivity contribution < 1.29 is 17.6 Å². The Morgan fingerprint density at radius 1 is 0.815 bits per heavy atom. The quantitative estimate of drug-likeness (QED) is 0.218. The maximum Gasteiger partial charge on any atom is 0.412 e. The van der Waals surface area contributed by atoms with Crippen molar-refractivity contribution in [3.05, 3.63) is 90.0 Å². The summed E-state index contributed by atoms with van der Waals surface area (Å²) in [6.45, 7) is 1.59. The van der Waals surface area contributed by atoms with Gasteiger partial charge in [-0.3, -0.25) is 0 Å². The summed E-state index contributed by atoms with van der Waals surface area (Å²) >= 11 is 0. The van der Waals surface area contributed by atoms with E-state index in [1.165, 1.54) is 6.07 Å². The Hall–Kier alpha value is -3.88. The fraction of sp³-hybridized carbons (Fsp3) is 0.0909. The molecule has 0 aliphatic rings. The van der Waals surface area contributed by atoms with Crippen molar-refractivity contribution in [3.8, 4) is 22.3 Å². The van der Waals surface area contributed by atoms with Crippen LogP contribution in [0.15, 0.2) is 72.8 Å². The van der Waals surface area contributed by atoms with Gasteiger partial charge in [-0.1, -0.05) is 42.5 Å². The molecule has 0 spiro atoms. The zero-order chi connectivity index (χ0) is 18.7. The molecule has 0 atom stereocenters. The van der Waals surface area contributed by atoms with Crippen LogP contribution in [-0.2, 0) is 0 Å². The zero-order valence-electron chi connectivity index (χ0n) is 14.6. The van der Waals surface area contributed by atoms with Gasteiger partial charge in [-0.25, -0.2) is 4.39 Å². The van der Waals surface area contributed by atoms with Gasteiger partial charge in [0.25, 0.3) is 0 Å². The number of benzene rings is 3. The molecule has 0 aromatic heterocycles. The Bertz CT molecular complexity index is 927. The molecule has 0 fully saturated rings. The third-order valence-electron chi connectivity index (χ3n) is 4.04. The predicted molar refractivity (Wildman–Crippen MR) is 96.0 cm³/mol. The molecule has 5 heteroatoms. The van der Waals surface area contributed by atoms with Gasteiger partial charge < -0.3 is 0 Å². The van der Waals surface area contributed by atoms with Gasteiger partial charge in [0.05, 0.1) is 6.08 Å². The van der Waals surface area contributed by atoms with Gasteiger partial charge in [-0.05, 0) is 29.2 Å². The summed E-state index contributed by atoms with van der Waals surface area (Å²) in [6, 6.07) is 23.1. The standard InChI is InChI=1S/C22H15F4.Rf/c1-15-13-19(11-12-20(15)21(23)14-22(24,25)26)18-9-7-17(8-10-18)16-5-3-2-4-6-16;/h3-14H,1H3;/q-1;/b21-14-;. The van der Waals surface area contributed by atoms with Crippen molar-refractivity contribution in [3.63, 3.8) is 0 Å². The molecule has 0 heterocycles. The number of allylic oxidation sites excluding steroid dienone is 1. The van der Waals surface area contributed by atoms with E-state index >= 15 is 0 Å². The van der Waals surface area contributed by atoms with Gasteiger partial charge in [0.2, 0.25) is 0 Å². The van der Waals surface area contributed by atoms with E-state index < -0.39 is 12.0 Å². The first kappa shape index (κ1) is 19.4. The third kappa shape index (κ3) is 4.60. The monoisotopic (exact) mass is 622 g/mol. The summed E-state index contributed by atoms with van der Waals surface area (Å²) in [6.07, 6.45) is -5.00. The zero-order valence-corrected chi connectivity index (χ0v) is 21.0. The Balaban J connectivity index is 0.00000261. The Kier molecular flexibility index (Phi) is 5.45. The maximum atomic E-state index is 13.8. The van der Waals surface area contributed by atoms with E-state index in [2.05, 4.69) is 6.07 Å². The molecule has 0 saturated heterocycles. The Morgan fingerprint density at radius 2 is 1.30 bits per heavy atom. The number of halogens is 4. The van der Waals surface area contributed by atoms with E-state index in [1.807, 2.05) is 48.5 Å². The van der Waals surface area contributed by atoms with E-state index in [4.69, 9.17) is 0 Å². The van der Waals surface area contributed by atoms with Gasteiger partial charge in [0, 0.05) is 5.56 Å². The molecule has 0 radical (unpaired) electrons. The minimum atomic E-state index is -4.68. The summed E-state index contributed by atoms with van der Waals surface area (Å²) in [5.41, 5.74) is 4.24. The van der Waals surface area contributed by atoms with Crippen LogP contribution in [0, 0.1) is 13.0 Å². The summed E-state index contributed by atoms with van der Waals surface area (Å²) in [4.78, 5) is 0. The minimum absolute atomic E-state index is 0. The average Bonchev–Trinajstić information content (AvgIpc) is 2.61. The fourth-order valence-corrected chi connectivity index (χ4v) is 2.77. The van der Waals surface area contributed by atoms with Crippen LogP contribution in [0.3, 0.4) is 0 Å². The molecule has 3 rings (SSSR count). The SMILES string of the molecule is Cc1cc(-c2ccc(-c3cc[c-]cc3)cc2)ccc1/C(F)=C/C(F)(F)F.[Rf]. The number of hydrogen-bond donors (Lipinski definition) is 0. The Labute approximate surface area is 149 Å². The van der Waals surface area contributed by atoms with Crippen molar-refractivity contribution in [2.45, 2.75) is 13.1 Å². The molecular formula is C22H15F4Rf-. The van der Waals surface area contributed by atoms with Gasteiger partial charge in [-0.2, -0.15) is 43.5 Å². The van der Waals surface area contributed by atoms with Crippen LogP contribution in [0.25, 0.3) is 28.1 Å². The van der Waals surface area contributed by atoms with E-state index in [9.17, 15) is 17.6 Å². The van der Waals surface area contributed by atoms with Crippen molar-refractivity contribution in [1.29, 1.82) is 0 Å². The summed E-state index contributed by atoms with van der Waals surface area (Å²) in [5.74, 6) is -1.28. The van der Waals surface area contributed by atoms with E-state index in [1.54, 1.807) is 19.1 Å². The number of alkyl halides is 3. The van der Waals surface area contributed by atoms with Crippen LogP contribution in [0.2, 0.25) is 0 Å². The fourth-order valence-electron chi connectivity index (χ4n) is 2.77. The second-order valence-corrected chi connectivity index (χ2v) is 5.93. The molecule has 27 heavy (non-hydrogen) atoms. The number of hydrogen-bond acceptors (Lipinski definition) is 0. The number of aryl methyl sites for hydroxylation is 1. The maximum absolute atomic E-state index is 13.8. The van der Waals surface area contributed by atoms with Gasteiger partial charge in [-0.15, -0.1) is 5.56 Å². The summed E-state index contributed by atoms with van der Waals surface area (Å²) in [7, 11) is 0. The predicted octanol–water partition coefficient (Wildman–Crippen LogP) is 7.00. The van der Waals surface area contributed by atoms with Crippen LogP contribution in [-0.4, -0.2) is 6.18 Å². The topological polar surface area (TPSA) is 0 Å². The minimum Gasteiger partial charge on any atom is -0.206 e. The van der Waals surface area contributed by atoms with Crippen LogP contribution in [0.1, 0.15) is 11.1 Å². The van der Waals surface area contributed by atoms with Crippen molar-refractivity contribution >= 4 is 5.83 Å². The molecule has 0 amide bonds. The molecule has 3 aromatic carbocycles. The van der Waals surface area contributed by atoms with E-state index in [-0.39, 0.29) is 11.6 Å². The molecule has 0 N–H and O–H groups in total. The summed E-state index contributed by atoms with van der Waals surface area (Å²) < 4.78 is 50.8. The molecule has 134 valence electrons. The molecular weight excluding hydrogens is 607 g/mol. The first-order chi connectivity index (χ1) is 12.3. The first-order valence-corrected chi connectivity index (χ1v) is 7.96. The molecule has 3 aromatic rings. The van der Waals surface area contributed by atoms with Gasteiger partial charge in [0.15, 0.2) is 0 Å². The molecule has 0 saturated carbocycles. The normalized spacial score (nSPS) is 11.8. The second-order valence-electron chi connectivity index (χ2n) is 5.93. The molecule has 0 bridgehead atoms. The smallest absolute Gasteiger partial charge is 0.206 e. The third-order valence-corrected chi connectivity index (χ3v) is 4.04. The largest absolute Gasteiger partial charge is 0.412 e. The van der Waals surface area contributed by atoms with Gasteiger partial charge >= 0.3 is 6.18 Å². The molecule has 0 unspecified atom stereocenters. The van der Waals surface area contributed by atoms with Crippen molar-refractivity contribution in [2.24, 2.45) is 0 Å². The first-order valence-electron chi connectivity index (χ1n) is 7.96. The molecule has 0 aliphatic carbocycles. The van der Waals surface area contributed by atoms with Crippen molar-refractivity contribution in [1.82, 2.24) is 0 Å². The van der Waals surface area contributed by atoms with Crippen molar-refractivity contribution in [2.75, 3.05) is 0 Å². The van der Waals surface area contributed by atoms with Gasteiger partial charge in [0.1, 0.15) is 5.83 Å². The Morgan fingerprint density at radius 3 is 1.81 bits per heavy atom. The molecule has 0 aliphatic heterocycles. The van der Waals surface area contributed by atoms with Crippen LogP contribution < -0.4 is 0 Å². The number of rotatable bonds is 3. The van der Waals surface area contributed by atoms with Crippen LogP contribution >= 0.6 is 0 Å². The summed E-state index contributed by atoms with van der Waals surface area (Å²) in [5, 5.41) is 0. The van der Waals surface area contributed by atoms with E-state index in [0.717, 1.165) is 22.3 Å². The van der Waals surface area contributed by atoms with Crippen LogP contribution in [0.4, 0.5) is 17.6 Å². The van der Waals surface area contributed by atoms with Crippen LogP contribution in [0.5, 0.6) is 0 Å². The average molecular weight is 622 g/mol. The second kappa shape index (κ2) is 7.56. The van der Waals surface area contributed by atoms with E-state index in [0.29, 0.717) is 5.56 Å². The molecule has 0 nitrogen and oxygen atoms in total.